The van der Waals surface area contributed by atoms with Crippen molar-refractivity contribution in [3.63, 3.8) is 0 Å². The molecular weight excluding hydrogens is 619 g/mol. The molecule has 0 aromatic heterocycles. The van der Waals surface area contributed by atoms with Crippen LogP contribution in [0.25, 0.3) is 10.8 Å². The zero-order valence-electron chi connectivity index (χ0n) is 24.7. The number of thiol groups is 1. The SMILES string of the molecule is COc1ccc(NC(=O)CC(C(=O)N2CCCCC2C(=O)NC(Cc2ccc3ccccc3c2)C(N)=O)C(S)P(=O)(O)O)cc1. The van der Waals surface area contributed by atoms with Crippen molar-refractivity contribution in [1.29, 1.82) is 0 Å². The molecule has 4 amide bonds. The summed E-state index contributed by atoms with van der Waals surface area (Å²) in [5.74, 6) is -3.84. The number of methoxy groups -OCH3 is 1. The fraction of sp³-hybridized carbons (Fsp3) is 0.355. The summed E-state index contributed by atoms with van der Waals surface area (Å²) in [6.45, 7) is 0.112. The number of hydrogen-bond donors (Lipinski definition) is 6. The Morgan fingerprint density at radius 3 is 2.38 bits per heavy atom. The van der Waals surface area contributed by atoms with Gasteiger partial charge in [-0.1, -0.05) is 42.5 Å². The molecule has 1 saturated heterocycles. The zero-order chi connectivity index (χ0) is 32.7. The van der Waals surface area contributed by atoms with Crippen LogP contribution in [0, 0.1) is 5.92 Å². The van der Waals surface area contributed by atoms with E-state index < -0.39 is 60.6 Å². The molecule has 4 unspecified atom stereocenters. The van der Waals surface area contributed by atoms with E-state index in [0.29, 0.717) is 24.3 Å². The fourth-order valence-electron chi connectivity index (χ4n) is 5.41. The molecule has 240 valence electrons. The molecule has 0 radical (unpaired) electrons. The van der Waals surface area contributed by atoms with E-state index in [9.17, 15) is 33.5 Å². The van der Waals surface area contributed by atoms with E-state index in [-0.39, 0.29) is 19.4 Å². The van der Waals surface area contributed by atoms with Gasteiger partial charge in [0.1, 0.15) is 22.8 Å². The number of amides is 4. The lowest BCUT2D eigenvalue weighted by molar-refractivity contribution is -0.146. The molecule has 4 rings (SSSR count). The summed E-state index contributed by atoms with van der Waals surface area (Å²) in [7, 11) is -3.45. The Balaban J connectivity index is 1.51. The van der Waals surface area contributed by atoms with Gasteiger partial charge >= 0.3 is 7.60 Å². The third-order valence-corrected chi connectivity index (χ3v) is 10.1. The number of hydrogen-bond acceptors (Lipinski definition) is 7. The maximum atomic E-state index is 13.9. The number of nitrogens with two attached hydrogens (primary N) is 1. The first-order valence-electron chi connectivity index (χ1n) is 14.4. The van der Waals surface area contributed by atoms with Gasteiger partial charge in [-0.15, -0.1) is 0 Å². The number of nitrogens with one attached hydrogen (secondary N) is 2. The quantitative estimate of drug-likeness (QED) is 0.127. The molecular formula is C31H37N4O8PS. The van der Waals surface area contributed by atoms with Gasteiger partial charge < -0.3 is 35.8 Å². The second-order valence-corrected chi connectivity index (χ2v) is 13.7. The van der Waals surface area contributed by atoms with Crippen molar-refractivity contribution in [3.05, 3.63) is 72.3 Å². The molecule has 1 fully saturated rings. The first-order chi connectivity index (χ1) is 21.4. The van der Waals surface area contributed by atoms with Gasteiger partial charge in [0.15, 0.2) is 0 Å². The lowest BCUT2D eigenvalue weighted by atomic mass is 9.96. The highest BCUT2D eigenvalue weighted by atomic mass is 32.1. The van der Waals surface area contributed by atoms with Gasteiger partial charge in [-0.05, 0) is 59.9 Å². The summed E-state index contributed by atoms with van der Waals surface area (Å²) in [6.07, 6.45) is 0.901. The van der Waals surface area contributed by atoms with Crippen molar-refractivity contribution >= 4 is 60.3 Å². The van der Waals surface area contributed by atoms with Gasteiger partial charge in [-0.3, -0.25) is 23.7 Å². The predicted molar refractivity (Wildman–Crippen MR) is 173 cm³/mol. The molecule has 1 heterocycles. The van der Waals surface area contributed by atoms with Crippen LogP contribution in [-0.4, -0.2) is 69.0 Å². The van der Waals surface area contributed by atoms with Gasteiger partial charge in [0.2, 0.25) is 23.6 Å². The number of benzene rings is 3. The highest BCUT2D eigenvalue weighted by molar-refractivity contribution is 7.89. The molecule has 14 heteroatoms. The topological polar surface area (TPSA) is 188 Å². The molecule has 12 nitrogen and oxygen atoms in total. The van der Waals surface area contributed by atoms with Crippen LogP contribution in [0.2, 0.25) is 0 Å². The Morgan fingerprint density at radius 2 is 1.73 bits per heavy atom. The molecule has 0 aliphatic carbocycles. The first-order valence-corrected chi connectivity index (χ1v) is 16.6. The predicted octanol–water partition coefficient (Wildman–Crippen LogP) is 2.82. The van der Waals surface area contributed by atoms with E-state index in [0.717, 1.165) is 16.3 Å². The van der Waals surface area contributed by atoms with Gasteiger partial charge in [-0.2, -0.15) is 12.6 Å². The molecule has 3 aromatic carbocycles. The Hall–Kier alpha value is -3.90. The third-order valence-electron chi connectivity index (χ3n) is 7.80. The number of carbonyl (C=O) groups excluding carboxylic acids is 4. The Morgan fingerprint density at radius 1 is 1.04 bits per heavy atom. The highest BCUT2D eigenvalue weighted by Crippen LogP contribution is 2.48. The van der Waals surface area contributed by atoms with Crippen LogP contribution >= 0.6 is 20.2 Å². The molecule has 0 spiro atoms. The molecule has 45 heavy (non-hydrogen) atoms. The Labute approximate surface area is 266 Å². The second-order valence-electron chi connectivity index (χ2n) is 11.0. The summed E-state index contributed by atoms with van der Waals surface area (Å²) in [5, 5.41) is 7.27. The Kier molecular flexibility index (Phi) is 11.3. The molecule has 1 aliphatic heterocycles. The largest absolute Gasteiger partial charge is 0.497 e. The average molecular weight is 657 g/mol. The van der Waals surface area contributed by atoms with E-state index in [1.807, 2.05) is 42.5 Å². The van der Waals surface area contributed by atoms with Crippen LogP contribution < -0.4 is 21.1 Å². The smallest absolute Gasteiger partial charge is 0.338 e. The van der Waals surface area contributed by atoms with Gasteiger partial charge in [0, 0.05) is 25.1 Å². The minimum absolute atomic E-state index is 0.112. The molecule has 3 aromatic rings. The normalized spacial score (nSPS) is 17.2. The number of ether oxygens (including phenoxy) is 1. The number of nitrogens with zero attached hydrogens (tertiary/aromatic N) is 1. The van der Waals surface area contributed by atoms with Crippen molar-refractivity contribution in [2.75, 3.05) is 19.0 Å². The summed E-state index contributed by atoms with van der Waals surface area (Å²) in [5.41, 5.74) is 6.82. The lowest BCUT2D eigenvalue weighted by Crippen LogP contribution is -2.57. The zero-order valence-corrected chi connectivity index (χ0v) is 26.5. The lowest BCUT2D eigenvalue weighted by Gasteiger charge is -2.38. The average Bonchev–Trinajstić information content (AvgIpc) is 3.02. The highest BCUT2D eigenvalue weighted by Gasteiger charge is 2.44. The van der Waals surface area contributed by atoms with Crippen molar-refractivity contribution < 1.29 is 38.3 Å². The molecule has 0 bridgehead atoms. The van der Waals surface area contributed by atoms with Crippen molar-refractivity contribution in [3.8, 4) is 5.75 Å². The maximum absolute atomic E-state index is 13.9. The fourth-order valence-corrected chi connectivity index (χ4v) is 6.35. The van der Waals surface area contributed by atoms with E-state index in [2.05, 4.69) is 23.3 Å². The van der Waals surface area contributed by atoms with Gasteiger partial charge in [0.25, 0.3) is 0 Å². The number of fused-ring (bicyclic) bond motifs is 1. The number of primary amides is 1. The van der Waals surface area contributed by atoms with E-state index in [4.69, 9.17) is 10.5 Å². The van der Waals surface area contributed by atoms with Crippen LogP contribution in [0.3, 0.4) is 0 Å². The van der Waals surface area contributed by atoms with Gasteiger partial charge in [-0.25, -0.2) is 0 Å². The minimum atomic E-state index is -4.94. The molecule has 4 atom stereocenters. The molecule has 0 saturated carbocycles. The maximum Gasteiger partial charge on any atom is 0.338 e. The summed E-state index contributed by atoms with van der Waals surface area (Å²) < 4.78 is 17.3. The van der Waals surface area contributed by atoms with Crippen molar-refractivity contribution in [1.82, 2.24) is 10.2 Å². The number of likely N-dealkylation sites (tertiary alicyclic amines) is 1. The second kappa shape index (κ2) is 14.9. The first kappa shape index (κ1) is 34.0. The number of rotatable bonds is 12. The van der Waals surface area contributed by atoms with Crippen LogP contribution in [0.1, 0.15) is 31.2 Å². The van der Waals surface area contributed by atoms with E-state index in [1.54, 1.807) is 24.3 Å². The van der Waals surface area contributed by atoms with Crippen LogP contribution in [0.5, 0.6) is 5.75 Å². The van der Waals surface area contributed by atoms with Crippen LogP contribution in [0.15, 0.2) is 66.7 Å². The van der Waals surface area contributed by atoms with E-state index in [1.165, 1.54) is 12.0 Å². The summed E-state index contributed by atoms with van der Waals surface area (Å²) in [6, 6.07) is 17.6. The van der Waals surface area contributed by atoms with Crippen molar-refractivity contribution in [2.45, 2.75) is 49.2 Å². The monoisotopic (exact) mass is 656 g/mol. The molecule has 1 aliphatic rings. The van der Waals surface area contributed by atoms with Crippen LogP contribution in [-0.2, 0) is 30.2 Å². The number of carbonyl (C=O) groups is 4. The Bertz CT molecular complexity index is 1600. The van der Waals surface area contributed by atoms with Crippen LogP contribution in [0.4, 0.5) is 5.69 Å². The van der Waals surface area contributed by atoms with Crippen molar-refractivity contribution in [2.24, 2.45) is 11.7 Å². The summed E-state index contributed by atoms with van der Waals surface area (Å²) >= 11 is 4.07. The standard InChI is InChI=1S/C31H37N4O8PS/c1-43-23-13-11-22(12-14-23)33-27(36)18-24(31(45)44(40,41)42)30(39)35-15-5-4-8-26(35)29(38)34-25(28(32)37)17-19-9-10-20-6-2-3-7-21(20)16-19/h2-3,6-7,9-14,16,24-26,31,45H,4-5,8,15,17-18H2,1H3,(H2,32,37)(H,33,36)(H,34,38)(H2,40,41,42). The third kappa shape index (κ3) is 8.85. The summed E-state index contributed by atoms with van der Waals surface area (Å²) in [4.78, 5) is 72.0. The van der Waals surface area contributed by atoms with Gasteiger partial charge in [0.05, 0.1) is 13.0 Å². The minimum Gasteiger partial charge on any atom is -0.497 e. The number of anilines is 1. The van der Waals surface area contributed by atoms with E-state index >= 15 is 0 Å². The molecule has 6 N–H and O–H groups in total. The number of piperidine rings is 1.